The number of rotatable bonds is 5. The lowest BCUT2D eigenvalue weighted by molar-refractivity contribution is -0.115. The average molecular weight is 414 g/mol. The molecule has 1 atom stereocenters. The Balaban J connectivity index is 1.49. The first kappa shape index (κ1) is 19.8. The standard InChI is InChI=1S/C21H27N5O2S/c1-12-13(2)26(16-7-5-4-6-8-16)21(22-12)29-14(3)19(27)23-15-9-10-17-18(11-15)25-20(28)24-17/h9-11,14,16H,4-8H2,1-3H3,(H,23,27)(H2,24,25,28). The number of aromatic amines is 2. The van der Waals surface area contributed by atoms with E-state index in [1.54, 1.807) is 18.2 Å². The van der Waals surface area contributed by atoms with Crippen molar-refractivity contribution in [1.29, 1.82) is 0 Å². The molecule has 0 radical (unpaired) electrons. The van der Waals surface area contributed by atoms with Gasteiger partial charge >= 0.3 is 5.69 Å². The molecule has 0 spiro atoms. The molecule has 0 aliphatic heterocycles. The number of nitrogens with one attached hydrogen (secondary N) is 3. The fourth-order valence-corrected chi connectivity index (χ4v) is 5.09. The molecule has 1 aliphatic carbocycles. The molecule has 0 bridgehead atoms. The maximum Gasteiger partial charge on any atom is 0.323 e. The van der Waals surface area contributed by atoms with Crippen LogP contribution >= 0.6 is 11.8 Å². The van der Waals surface area contributed by atoms with Gasteiger partial charge in [0.05, 0.1) is 22.0 Å². The quantitative estimate of drug-likeness (QED) is 0.544. The smallest absolute Gasteiger partial charge is 0.323 e. The molecule has 1 saturated carbocycles. The number of aryl methyl sites for hydroxylation is 1. The van der Waals surface area contributed by atoms with E-state index >= 15 is 0 Å². The van der Waals surface area contributed by atoms with Crippen molar-refractivity contribution in [2.45, 2.75) is 69.3 Å². The number of carbonyl (C=O) groups is 1. The zero-order valence-electron chi connectivity index (χ0n) is 17.0. The van der Waals surface area contributed by atoms with Crippen LogP contribution in [0.4, 0.5) is 5.69 Å². The lowest BCUT2D eigenvalue weighted by Gasteiger charge is -2.26. The molecule has 4 rings (SSSR count). The summed E-state index contributed by atoms with van der Waals surface area (Å²) in [7, 11) is 0. The van der Waals surface area contributed by atoms with E-state index in [4.69, 9.17) is 4.98 Å². The topological polar surface area (TPSA) is 95.6 Å². The van der Waals surface area contributed by atoms with E-state index in [-0.39, 0.29) is 16.8 Å². The molecule has 2 heterocycles. The summed E-state index contributed by atoms with van der Waals surface area (Å²) in [6, 6.07) is 5.82. The Labute approximate surface area is 173 Å². The molecule has 1 fully saturated rings. The van der Waals surface area contributed by atoms with Gasteiger partial charge in [0.25, 0.3) is 0 Å². The zero-order chi connectivity index (χ0) is 20.5. The fourth-order valence-electron chi connectivity index (χ4n) is 4.01. The second-order valence-corrected chi connectivity index (χ2v) is 9.12. The number of aromatic nitrogens is 4. The van der Waals surface area contributed by atoms with E-state index in [2.05, 4.69) is 26.8 Å². The van der Waals surface area contributed by atoms with Gasteiger partial charge in [-0.25, -0.2) is 9.78 Å². The number of carbonyl (C=O) groups excluding carboxylic acids is 1. The summed E-state index contributed by atoms with van der Waals surface area (Å²) in [6.07, 6.45) is 6.18. The highest BCUT2D eigenvalue weighted by atomic mass is 32.2. The minimum atomic E-state index is -0.292. The van der Waals surface area contributed by atoms with E-state index in [9.17, 15) is 9.59 Å². The lowest BCUT2D eigenvalue weighted by atomic mass is 9.95. The normalized spacial score (nSPS) is 16.2. The number of hydrogen-bond donors (Lipinski definition) is 3. The van der Waals surface area contributed by atoms with Crippen molar-refractivity contribution in [3.8, 4) is 0 Å². The van der Waals surface area contributed by atoms with Gasteiger partial charge in [0.2, 0.25) is 5.91 Å². The van der Waals surface area contributed by atoms with Gasteiger partial charge in [-0.05, 0) is 51.8 Å². The summed E-state index contributed by atoms with van der Waals surface area (Å²) in [5, 5.41) is 3.59. The third-order valence-electron chi connectivity index (χ3n) is 5.73. The van der Waals surface area contributed by atoms with Crippen LogP contribution in [0.2, 0.25) is 0 Å². The number of thioether (sulfide) groups is 1. The van der Waals surface area contributed by atoms with Crippen LogP contribution in [-0.4, -0.2) is 30.7 Å². The molecule has 154 valence electrons. The van der Waals surface area contributed by atoms with E-state index in [1.807, 2.05) is 13.8 Å². The maximum atomic E-state index is 12.8. The van der Waals surface area contributed by atoms with Gasteiger partial charge in [0, 0.05) is 17.4 Å². The van der Waals surface area contributed by atoms with E-state index < -0.39 is 0 Å². The first-order chi connectivity index (χ1) is 13.9. The predicted octanol–water partition coefficient (Wildman–Crippen LogP) is 4.29. The van der Waals surface area contributed by atoms with Crippen LogP contribution in [0.15, 0.2) is 28.2 Å². The Morgan fingerprint density at radius 2 is 1.93 bits per heavy atom. The summed E-state index contributed by atoms with van der Waals surface area (Å²) in [5.74, 6) is -0.0827. The molecule has 3 aromatic rings. The van der Waals surface area contributed by atoms with Crippen LogP contribution in [0.3, 0.4) is 0 Å². The van der Waals surface area contributed by atoms with Gasteiger partial charge < -0.3 is 19.9 Å². The van der Waals surface area contributed by atoms with Gasteiger partial charge in [-0.3, -0.25) is 4.79 Å². The molecule has 3 N–H and O–H groups in total. The Morgan fingerprint density at radius 1 is 1.21 bits per heavy atom. The molecule has 2 aromatic heterocycles. The van der Waals surface area contributed by atoms with Gasteiger partial charge in [-0.2, -0.15) is 0 Å². The van der Waals surface area contributed by atoms with E-state index in [0.717, 1.165) is 16.4 Å². The predicted molar refractivity (Wildman–Crippen MR) is 117 cm³/mol. The van der Waals surface area contributed by atoms with E-state index in [0.29, 0.717) is 17.2 Å². The number of H-pyrrole nitrogens is 2. The Morgan fingerprint density at radius 3 is 2.69 bits per heavy atom. The van der Waals surface area contributed by atoms with Crippen molar-refractivity contribution in [1.82, 2.24) is 19.5 Å². The van der Waals surface area contributed by atoms with Crippen LogP contribution in [0.25, 0.3) is 11.0 Å². The molecular formula is C21H27N5O2S. The first-order valence-corrected chi connectivity index (χ1v) is 11.1. The van der Waals surface area contributed by atoms with Crippen LogP contribution < -0.4 is 11.0 Å². The summed E-state index contributed by atoms with van der Waals surface area (Å²) >= 11 is 1.51. The SMILES string of the molecule is Cc1nc(SC(C)C(=O)Nc2ccc3[nH]c(=O)[nH]c3c2)n(C2CCCCC2)c1C. The number of fused-ring (bicyclic) bond motifs is 1. The van der Waals surface area contributed by atoms with Crippen molar-refractivity contribution in [2.24, 2.45) is 0 Å². The van der Waals surface area contributed by atoms with Gasteiger partial charge in [-0.15, -0.1) is 0 Å². The third-order valence-corrected chi connectivity index (χ3v) is 6.80. The van der Waals surface area contributed by atoms with Crippen LogP contribution in [0.1, 0.15) is 56.5 Å². The number of imidazole rings is 2. The average Bonchev–Trinajstić information content (AvgIpc) is 3.20. The highest BCUT2D eigenvalue weighted by molar-refractivity contribution is 8.00. The van der Waals surface area contributed by atoms with Crippen molar-refractivity contribution < 1.29 is 4.79 Å². The molecule has 8 heteroatoms. The third kappa shape index (κ3) is 4.12. The summed E-state index contributed by atoms with van der Waals surface area (Å²) < 4.78 is 2.35. The van der Waals surface area contributed by atoms with Crippen molar-refractivity contribution in [3.63, 3.8) is 0 Å². The monoisotopic (exact) mass is 413 g/mol. The minimum absolute atomic E-state index is 0.0827. The molecule has 1 aromatic carbocycles. The minimum Gasteiger partial charge on any atom is -0.325 e. The zero-order valence-corrected chi connectivity index (χ0v) is 17.9. The first-order valence-electron chi connectivity index (χ1n) is 10.2. The second kappa shape index (κ2) is 8.10. The van der Waals surface area contributed by atoms with Crippen molar-refractivity contribution in [2.75, 3.05) is 5.32 Å². The van der Waals surface area contributed by atoms with Crippen molar-refractivity contribution >= 4 is 34.4 Å². The largest absolute Gasteiger partial charge is 0.325 e. The van der Waals surface area contributed by atoms with Gasteiger partial charge in [0.1, 0.15) is 0 Å². The fraction of sp³-hybridized carbons (Fsp3) is 0.476. The Kier molecular flexibility index (Phi) is 5.54. The number of anilines is 1. The molecule has 1 aliphatic rings. The van der Waals surface area contributed by atoms with Crippen LogP contribution in [0, 0.1) is 13.8 Å². The molecule has 7 nitrogen and oxygen atoms in total. The van der Waals surface area contributed by atoms with Crippen molar-refractivity contribution in [3.05, 3.63) is 40.1 Å². The van der Waals surface area contributed by atoms with Crippen LogP contribution in [0.5, 0.6) is 0 Å². The highest BCUT2D eigenvalue weighted by Gasteiger charge is 2.25. The van der Waals surface area contributed by atoms with Gasteiger partial charge in [-0.1, -0.05) is 31.0 Å². The Bertz CT molecular complexity index is 1090. The maximum absolute atomic E-state index is 12.8. The molecule has 1 amide bonds. The lowest BCUT2D eigenvalue weighted by Crippen LogP contribution is -2.23. The van der Waals surface area contributed by atoms with E-state index in [1.165, 1.54) is 49.6 Å². The number of nitrogens with zero attached hydrogens (tertiary/aromatic N) is 2. The summed E-state index contributed by atoms with van der Waals surface area (Å²) in [6.45, 7) is 6.07. The number of benzene rings is 1. The number of hydrogen-bond acceptors (Lipinski definition) is 4. The summed E-state index contributed by atoms with van der Waals surface area (Å²) in [4.78, 5) is 34.4. The van der Waals surface area contributed by atoms with Crippen LogP contribution in [-0.2, 0) is 4.79 Å². The highest BCUT2D eigenvalue weighted by Crippen LogP contribution is 2.35. The van der Waals surface area contributed by atoms with Gasteiger partial charge in [0.15, 0.2) is 5.16 Å². The summed E-state index contributed by atoms with van der Waals surface area (Å²) in [5.41, 5.74) is 4.03. The Hall–Kier alpha value is -2.48. The molecule has 29 heavy (non-hydrogen) atoms. The molecular weight excluding hydrogens is 386 g/mol. The number of amides is 1. The molecule has 0 saturated heterocycles. The second-order valence-electron chi connectivity index (χ2n) is 7.82. The molecule has 1 unspecified atom stereocenters.